The first-order valence-electron chi connectivity index (χ1n) is 9.44. The van der Waals surface area contributed by atoms with Crippen molar-refractivity contribution in [2.45, 2.75) is 25.4 Å². The van der Waals surface area contributed by atoms with Crippen molar-refractivity contribution in [1.29, 1.82) is 0 Å². The summed E-state index contributed by atoms with van der Waals surface area (Å²) >= 11 is 0. The van der Waals surface area contributed by atoms with E-state index in [4.69, 9.17) is 13.9 Å². The third kappa shape index (κ3) is 3.30. The van der Waals surface area contributed by atoms with Crippen molar-refractivity contribution >= 4 is 0 Å². The molecule has 0 saturated carbocycles. The fraction of sp³-hybridized carbons (Fsp3) is 0.400. The zero-order valence-electron chi connectivity index (χ0n) is 15.1. The second-order valence-electron chi connectivity index (χ2n) is 6.96. The first kappa shape index (κ1) is 16.4. The lowest BCUT2D eigenvalue weighted by Gasteiger charge is -2.25. The Morgan fingerprint density at radius 1 is 1.04 bits per heavy atom. The fourth-order valence-electron chi connectivity index (χ4n) is 3.82. The summed E-state index contributed by atoms with van der Waals surface area (Å²) in [6.45, 7) is 4.06. The van der Waals surface area contributed by atoms with Gasteiger partial charge < -0.3 is 13.9 Å². The van der Waals surface area contributed by atoms with Crippen LogP contribution in [0.1, 0.15) is 24.6 Å². The summed E-state index contributed by atoms with van der Waals surface area (Å²) < 4.78 is 18.9. The van der Waals surface area contributed by atoms with Crippen molar-refractivity contribution in [2.75, 3.05) is 26.3 Å². The highest BCUT2D eigenvalue weighted by atomic mass is 16.6. The molecule has 1 unspecified atom stereocenters. The van der Waals surface area contributed by atoms with Gasteiger partial charge in [-0.1, -0.05) is 5.21 Å². The summed E-state index contributed by atoms with van der Waals surface area (Å²) in [6, 6.07) is 10.1. The maximum Gasteiger partial charge on any atom is 0.162 e. The summed E-state index contributed by atoms with van der Waals surface area (Å²) in [5, 5.41) is 8.72. The smallest absolute Gasteiger partial charge is 0.162 e. The molecule has 0 radical (unpaired) electrons. The summed E-state index contributed by atoms with van der Waals surface area (Å²) in [5.74, 6) is 2.52. The van der Waals surface area contributed by atoms with Gasteiger partial charge in [0.15, 0.2) is 11.5 Å². The van der Waals surface area contributed by atoms with E-state index in [0.29, 0.717) is 19.8 Å². The minimum atomic E-state index is 0.178. The molecule has 2 aliphatic rings. The number of fused-ring (bicyclic) bond motifs is 1. The summed E-state index contributed by atoms with van der Waals surface area (Å²) in [7, 11) is 0. The molecule has 0 spiro atoms. The van der Waals surface area contributed by atoms with Crippen LogP contribution < -0.4 is 9.47 Å². The van der Waals surface area contributed by atoms with Gasteiger partial charge in [0, 0.05) is 5.56 Å². The van der Waals surface area contributed by atoms with E-state index in [9.17, 15) is 0 Å². The number of hydrogen-bond donors (Lipinski definition) is 0. The average molecular weight is 366 g/mol. The third-order valence-electron chi connectivity index (χ3n) is 5.19. The maximum absolute atomic E-state index is 5.70. The van der Waals surface area contributed by atoms with E-state index in [0.717, 1.165) is 41.6 Å². The minimum absolute atomic E-state index is 0.178. The number of hydrogen-bond acceptors (Lipinski definition) is 6. The molecule has 1 aromatic carbocycles. The Kier molecular flexibility index (Phi) is 4.29. The fourth-order valence-corrected chi connectivity index (χ4v) is 3.82. The molecule has 140 valence electrons. The van der Waals surface area contributed by atoms with Crippen molar-refractivity contribution in [3.05, 3.63) is 48.6 Å². The van der Waals surface area contributed by atoms with Crippen LogP contribution in [-0.2, 0) is 6.54 Å². The van der Waals surface area contributed by atoms with Crippen molar-refractivity contribution in [3.8, 4) is 22.8 Å². The van der Waals surface area contributed by atoms with Gasteiger partial charge >= 0.3 is 0 Å². The number of ether oxygens (including phenoxy) is 2. The number of nitrogens with zero attached hydrogens (tertiary/aromatic N) is 4. The Labute approximate surface area is 157 Å². The van der Waals surface area contributed by atoms with E-state index in [2.05, 4.69) is 15.2 Å². The number of furan rings is 1. The molecule has 4 heterocycles. The lowest BCUT2D eigenvalue weighted by molar-refractivity contribution is 0.171. The van der Waals surface area contributed by atoms with E-state index in [-0.39, 0.29) is 6.04 Å². The molecule has 2 aromatic heterocycles. The molecule has 0 amide bonds. The van der Waals surface area contributed by atoms with Gasteiger partial charge in [-0.3, -0.25) is 4.90 Å². The number of aromatic nitrogens is 3. The second-order valence-corrected chi connectivity index (χ2v) is 6.96. The van der Waals surface area contributed by atoms with Crippen molar-refractivity contribution in [2.24, 2.45) is 0 Å². The largest absolute Gasteiger partial charge is 0.486 e. The van der Waals surface area contributed by atoms with Crippen molar-refractivity contribution < 1.29 is 13.9 Å². The molecule has 0 N–H and O–H groups in total. The Morgan fingerprint density at radius 3 is 2.70 bits per heavy atom. The Balaban J connectivity index is 1.38. The van der Waals surface area contributed by atoms with Crippen LogP contribution in [0.3, 0.4) is 0 Å². The van der Waals surface area contributed by atoms with Crippen LogP contribution in [-0.4, -0.2) is 46.2 Å². The number of likely N-dealkylation sites (tertiary alicyclic amines) is 1. The van der Waals surface area contributed by atoms with E-state index in [1.54, 1.807) is 6.26 Å². The summed E-state index contributed by atoms with van der Waals surface area (Å²) in [4.78, 5) is 2.46. The van der Waals surface area contributed by atoms with Crippen molar-refractivity contribution in [3.63, 3.8) is 0 Å². The Hall–Kier alpha value is -2.80. The zero-order chi connectivity index (χ0) is 18.1. The zero-order valence-corrected chi connectivity index (χ0v) is 15.1. The molecule has 7 heteroatoms. The minimum Gasteiger partial charge on any atom is -0.486 e. The van der Waals surface area contributed by atoms with Crippen LogP contribution in [0.5, 0.6) is 11.5 Å². The lowest BCUT2D eigenvalue weighted by Crippen LogP contribution is -2.29. The molecule has 27 heavy (non-hydrogen) atoms. The molecule has 3 aromatic rings. The Morgan fingerprint density at radius 2 is 1.89 bits per heavy atom. The van der Waals surface area contributed by atoms with Gasteiger partial charge in [-0.25, -0.2) is 4.68 Å². The highest BCUT2D eigenvalue weighted by Crippen LogP contribution is 2.34. The topological polar surface area (TPSA) is 65.5 Å². The van der Waals surface area contributed by atoms with Crippen LogP contribution in [0.4, 0.5) is 0 Å². The van der Waals surface area contributed by atoms with Gasteiger partial charge in [-0.05, 0) is 56.3 Å². The van der Waals surface area contributed by atoms with Gasteiger partial charge in [-0.2, -0.15) is 0 Å². The predicted octanol–water partition coefficient (Wildman–Crippen LogP) is 3.15. The molecular weight excluding hydrogens is 344 g/mol. The molecule has 0 aliphatic carbocycles. The lowest BCUT2D eigenvalue weighted by atomic mass is 10.1. The van der Waals surface area contributed by atoms with Crippen molar-refractivity contribution in [1.82, 2.24) is 19.9 Å². The van der Waals surface area contributed by atoms with E-state index in [1.807, 2.05) is 41.2 Å². The second kappa shape index (κ2) is 7.08. The molecule has 5 rings (SSSR count). The van der Waals surface area contributed by atoms with Crippen LogP contribution >= 0.6 is 0 Å². The van der Waals surface area contributed by atoms with Gasteiger partial charge in [0.1, 0.15) is 24.7 Å². The predicted molar refractivity (Wildman–Crippen MR) is 98.7 cm³/mol. The maximum atomic E-state index is 5.70. The summed E-state index contributed by atoms with van der Waals surface area (Å²) in [6.07, 6.45) is 6.19. The quantitative estimate of drug-likeness (QED) is 0.691. The molecule has 7 nitrogen and oxygen atoms in total. The normalized spacial score (nSPS) is 17.9. The SMILES string of the molecule is c1coc(C(Cn2cc(-c3ccc4c(c3)OCCO4)nn2)N2CCCC2)c1. The molecule has 0 bridgehead atoms. The Bertz CT molecular complexity index is 900. The van der Waals surface area contributed by atoms with Crippen LogP contribution in [0.2, 0.25) is 0 Å². The van der Waals surface area contributed by atoms with Crippen LogP contribution in [0.15, 0.2) is 47.2 Å². The highest BCUT2D eigenvalue weighted by molar-refractivity contribution is 5.63. The van der Waals surface area contributed by atoms with Gasteiger partial charge in [0.25, 0.3) is 0 Å². The van der Waals surface area contributed by atoms with Crippen LogP contribution in [0.25, 0.3) is 11.3 Å². The monoisotopic (exact) mass is 366 g/mol. The number of benzene rings is 1. The molecule has 1 atom stereocenters. The summed E-state index contributed by atoms with van der Waals surface area (Å²) in [5.41, 5.74) is 1.80. The number of rotatable bonds is 5. The molecule has 1 saturated heterocycles. The van der Waals surface area contributed by atoms with E-state index in [1.165, 1.54) is 12.8 Å². The van der Waals surface area contributed by atoms with Gasteiger partial charge in [-0.15, -0.1) is 5.10 Å². The molecule has 2 aliphatic heterocycles. The van der Waals surface area contributed by atoms with Gasteiger partial charge in [0.2, 0.25) is 0 Å². The third-order valence-corrected chi connectivity index (χ3v) is 5.19. The average Bonchev–Trinajstić information content (AvgIpc) is 3.48. The first-order chi connectivity index (χ1) is 13.4. The molecular formula is C20H22N4O3. The van der Waals surface area contributed by atoms with E-state index < -0.39 is 0 Å². The standard InChI is InChI=1S/C20H22N4O3/c1-2-8-23(7-1)17(18-4-3-9-25-18)14-24-13-16(21-22-24)15-5-6-19-20(12-15)27-11-10-26-19/h3-6,9,12-13,17H,1-2,7-8,10-11,14H2. The highest BCUT2D eigenvalue weighted by Gasteiger charge is 2.26. The first-order valence-corrected chi connectivity index (χ1v) is 9.44. The van der Waals surface area contributed by atoms with Gasteiger partial charge in [0.05, 0.1) is 25.0 Å². The molecule has 1 fully saturated rings. The van der Waals surface area contributed by atoms with E-state index >= 15 is 0 Å². The van der Waals surface area contributed by atoms with Crippen LogP contribution in [0, 0.1) is 0 Å².